The van der Waals surface area contributed by atoms with Crippen molar-refractivity contribution in [2.24, 2.45) is 0 Å². The van der Waals surface area contributed by atoms with Crippen LogP contribution in [0.1, 0.15) is 23.5 Å². The van der Waals surface area contributed by atoms with Crippen LogP contribution in [0.4, 0.5) is 0 Å². The first kappa shape index (κ1) is 15.4. The van der Waals surface area contributed by atoms with Crippen molar-refractivity contribution in [1.29, 1.82) is 10.5 Å². The zero-order valence-electron chi connectivity index (χ0n) is 12.3. The molecule has 2 aromatic rings. The van der Waals surface area contributed by atoms with Crippen LogP contribution in [-0.2, 0) is 0 Å². The van der Waals surface area contributed by atoms with Gasteiger partial charge in [-0.3, -0.25) is 0 Å². The van der Waals surface area contributed by atoms with Crippen LogP contribution >= 0.6 is 0 Å². The summed E-state index contributed by atoms with van der Waals surface area (Å²) in [5, 5.41) is 18.2. The van der Waals surface area contributed by atoms with Gasteiger partial charge >= 0.3 is 0 Å². The second-order valence-electron chi connectivity index (χ2n) is 4.73. The van der Waals surface area contributed by atoms with Crippen molar-refractivity contribution in [3.05, 3.63) is 59.7 Å². The summed E-state index contributed by atoms with van der Waals surface area (Å²) in [7, 11) is 1.61. The first-order chi connectivity index (χ1) is 10.8. The fraction of sp³-hybridized carbons (Fsp3) is 0.222. The maximum Gasteiger partial charge on any atom is 0.119 e. The molecule has 0 spiro atoms. The van der Waals surface area contributed by atoms with Gasteiger partial charge in [0.2, 0.25) is 0 Å². The minimum absolute atomic E-state index is 0.286. The third-order valence-corrected chi connectivity index (χ3v) is 3.31. The highest BCUT2D eigenvalue weighted by molar-refractivity contribution is 5.36. The largest absolute Gasteiger partial charge is 0.497 e. The molecule has 0 saturated heterocycles. The number of hydrogen-bond donors (Lipinski definition) is 0. The molecule has 0 N–H and O–H groups in total. The van der Waals surface area contributed by atoms with E-state index in [0.717, 1.165) is 17.1 Å². The van der Waals surface area contributed by atoms with E-state index >= 15 is 0 Å². The van der Waals surface area contributed by atoms with Gasteiger partial charge in [-0.05, 0) is 42.0 Å². The van der Waals surface area contributed by atoms with Crippen molar-refractivity contribution in [2.75, 3.05) is 13.7 Å². The summed E-state index contributed by atoms with van der Waals surface area (Å²) < 4.78 is 10.7. The van der Waals surface area contributed by atoms with E-state index < -0.39 is 0 Å². The van der Waals surface area contributed by atoms with Gasteiger partial charge in [0.25, 0.3) is 0 Å². The van der Waals surface area contributed by atoms with Gasteiger partial charge in [0.1, 0.15) is 11.5 Å². The number of benzene rings is 2. The molecule has 0 aliphatic heterocycles. The van der Waals surface area contributed by atoms with Gasteiger partial charge in [0.05, 0.1) is 37.3 Å². The van der Waals surface area contributed by atoms with Crippen LogP contribution in [0, 0.1) is 22.7 Å². The van der Waals surface area contributed by atoms with E-state index in [-0.39, 0.29) is 5.92 Å². The van der Waals surface area contributed by atoms with Crippen molar-refractivity contribution >= 4 is 0 Å². The molecule has 0 fully saturated rings. The minimum Gasteiger partial charge on any atom is -0.497 e. The Bertz CT molecular complexity index is 696. The van der Waals surface area contributed by atoms with E-state index in [1.54, 1.807) is 25.3 Å². The minimum atomic E-state index is -0.286. The number of rotatable bonds is 6. The monoisotopic (exact) mass is 292 g/mol. The average molecular weight is 292 g/mol. The Balaban J connectivity index is 1.93. The lowest BCUT2D eigenvalue weighted by Crippen LogP contribution is -2.04. The molecule has 0 heterocycles. The molecule has 0 aliphatic rings. The van der Waals surface area contributed by atoms with E-state index in [0.29, 0.717) is 18.6 Å². The molecule has 1 unspecified atom stereocenters. The summed E-state index contributed by atoms with van der Waals surface area (Å²) in [5.74, 6) is 1.23. The van der Waals surface area contributed by atoms with Crippen LogP contribution in [0.2, 0.25) is 0 Å². The molecular formula is C18H16N2O2. The Hall–Kier alpha value is -2.98. The van der Waals surface area contributed by atoms with Crippen molar-refractivity contribution in [3.63, 3.8) is 0 Å². The third-order valence-electron chi connectivity index (χ3n) is 3.31. The van der Waals surface area contributed by atoms with Gasteiger partial charge in [-0.1, -0.05) is 12.1 Å². The quantitative estimate of drug-likeness (QED) is 0.815. The Labute approximate surface area is 130 Å². The predicted octanol–water partition coefficient (Wildman–Crippen LogP) is 3.64. The maximum absolute atomic E-state index is 9.30. The highest BCUT2D eigenvalue weighted by Gasteiger charge is 2.11. The number of ether oxygens (including phenoxy) is 2. The fourth-order valence-electron chi connectivity index (χ4n) is 2.10. The molecule has 110 valence electrons. The van der Waals surface area contributed by atoms with Crippen LogP contribution in [0.3, 0.4) is 0 Å². The molecule has 0 amide bonds. The van der Waals surface area contributed by atoms with Gasteiger partial charge in [-0.15, -0.1) is 0 Å². The maximum atomic E-state index is 9.30. The second kappa shape index (κ2) is 7.71. The van der Waals surface area contributed by atoms with E-state index in [1.165, 1.54) is 0 Å². The Morgan fingerprint density at radius 2 is 1.77 bits per heavy atom. The van der Waals surface area contributed by atoms with Gasteiger partial charge < -0.3 is 9.47 Å². The lowest BCUT2D eigenvalue weighted by atomic mass is 9.96. The van der Waals surface area contributed by atoms with Crippen LogP contribution in [0.5, 0.6) is 11.5 Å². The Morgan fingerprint density at radius 1 is 1.05 bits per heavy atom. The Kier molecular flexibility index (Phi) is 5.40. The van der Waals surface area contributed by atoms with E-state index in [4.69, 9.17) is 14.7 Å². The van der Waals surface area contributed by atoms with Crippen LogP contribution in [0.15, 0.2) is 48.5 Å². The fourth-order valence-corrected chi connectivity index (χ4v) is 2.10. The summed E-state index contributed by atoms with van der Waals surface area (Å²) in [4.78, 5) is 0. The normalized spacial score (nSPS) is 11.0. The van der Waals surface area contributed by atoms with E-state index in [1.807, 2.05) is 30.3 Å². The van der Waals surface area contributed by atoms with Gasteiger partial charge in [-0.2, -0.15) is 10.5 Å². The van der Waals surface area contributed by atoms with Gasteiger partial charge in [-0.25, -0.2) is 0 Å². The second-order valence-corrected chi connectivity index (χ2v) is 4.73. The SMILES string of the molecule is COc1ccc(OCCC(C#N)c2cccc(C#N)c2)cc1. The van der Waals surface area contributed by atoms with Crippen molar-refractivity contribution in [3.8, 4) is 23.6 Å². The van der Waals surface area contributed by atoms with Crippen molar-refractivity contribution in [2.45, 2.75) is 12.3 Å². The molecule has 4 heteroatoms. The summed E-state index contributed by atoms with van der Waals surface area (Å²) in [6.07, 6.45) is 0.567. The third kappa shape index (κ3) is 4.01. The average Bonchev–Trinajstić information content (AvgIpc) is 2.59. The van der Waals surface area contributed by atoms with Crippen LogP contribution in [0.25, 0.3) is 0 Å². The molecule has 2 aromatic carbocycles. The predicted molar refractivity (Wildman–Crippen MR) is 82.6 cm³/mol. The first-order valence-corrected chi connectivity index (χ1v) is 6.93. The zero-order chi connectivity index (χ0) is 15.8. The highest BCUT2D eigenvalue weighted by Crippen LogP contribution is 2.22. The molecule has 0 saturated carbocycles. The summed E-state index contributed by atoms with van der Waals surface area (Å²) in [6, 6.07) is 18.8. The lowest BCUT2D eigenvalue weighted by Gasteiger charge is -2.11. The standard InChI is InChI=1S/C18H16N2O2/c1-21-17-5-7-18(8-6-17)22-10-9-16(13-20)15-4-2-3-14(11-15)12-19/h2-8,11,16H,9-10H2,1H3. The Morgan fingerprint density at radius 3 is 2.41 bits per heavy atom. The summed E-state index contributed by atoms with van der Waals surface area (Å²) >= 11 is 0. The van der Waals surface area contributed by atoms with Crippen molar-refractivity contribution < 1.29 is 9.47 Å². The topological polar surface area (TPSA) is 66.0 Å². The molecule has 0 aliphatic carbocycles. The molecule has 22 heavy (non-hydrogen) atoms. The van der Waals surface area contributed by atoms with Gasteiger partial charge in [0.15, 0.2) is 0 Å². The molecular weight excluding hydrogens is 276 g/mol. The molecule has 0 radical (unpaired) electrons. The number of hydrogen-bond acceptors (Lipinski definition) is 4. The smallest absolute Gasteiger partial charge is 0.119 e. The number of nitriles is 2. The summed E-state index contributed by atoms with van der Waals surface area (Å²) in [5.41, 5.74) is 1.41. The molecule has 0 aromatic heterocycles. The zero-order valence-corrected chi connectivity index (χ0v) is 12.3. The number of methoxy groups -OCH3 is 1. The lowest BCUT2D eigenvalue weighted by molar-refractivity contribution is 0.305. The highest BCUT2D eigenvalue weighted by atomic mass is 16.5. The molecule has 4 nitrogen and oxygen atoms in total. The van der Waals surface area contributed by atoms with Crippen LogP contribution < -0.4 is 9.47 Å². The number of nitrogens with zero attached hydrogens (tertiary/aromatic N) is 2. The van der Waals surface area contributed by atoms with E-state index in [2.05, 4.69) is 12.1 Å². The first-order valence-electron chi connectivity index (χ1n) is 6.93. The van der Waals surface area contributed by atoms with Crippen molar-refractivity contribution in [1.82, 2.24) is 0 Å². The van der Waals surface area contributed by atoms with Crippen LogP contribution in [-0.4, -0.2) is 13.7 Å². The molecule has 2 rings (SSSR count). The summed E-state index contributed by atoms with van der Waals surface area (Å²) in [6.45, 7) is 0.432. The van der Waals surface area contributed by atoms with E-state index in [9.17, 15) is 5.26 Å². The molecule has 1 atom stereocenters. The molecule has 0 bridgehead atoms. The van der Waals surface area contributed by atoms with Gasteiger partial charge in [0, 0.05) is 6.42 Å².